The largest absolute Gasteiger partial charge is 0.506 e. The molecule has 0 aliphatic heterocycles. The Morgan fingerprint density at radius 1 is 1.18 bits per heavy atom. The van der Waals surface area contributed by atoms with Crippen molar-refractivity contribution in [1.29, 1.82) is 0 Å². The lowest BCUT2D eigenvalue weighted by Crippen LogP contribution is -2.12. The number of aryl methyl sites for hydroxylation is 1. The number of hydrogen-bond donors (Lipinski definition) is 2. The minimum Gasteiger partial charge on any atom is -0.506 e. The average molecular weight is 297 g/mol. The van der Waals surface area contributed by atoms with E-state index in [1.54, 1.807) is 6.07 Å². The van der Waals surface area contributed by atoms with E-state index in [4.69, 9.17) is 0 Å². The van der Waals surface area contributed by atoms with Gasteiger partial charge in [-0.2, -0.15) is 0 Å². The Morgan fingerprint density at radius 3 is 2.59 bits per heavy atom. The second kappa shape index (κ2) is 7.64. The number of anilines is 1. The lowest BCUT2D eigenvalue weighted by atomic mass is 9.98. The molecule has 22 heavy (non-hydrogen) atoms. The predicted molar refractivity (Wildman–Crippen MR) is 90.2 cm³/mol. The number of phenols is 1. The summed E-state index contributed by atoms with van der Waals surface area (Å²) in [5, 5.41) is 12.7. The van der Waals surface area contributed by atoms with Gasteiger partial charge in [0, 0.05) is 6.42 Å². The third-order valence-electron chi connectivity index (χ3n) is 3.96. The van der Waals surface area contributed by atoms with Crippen LogP contribution in [-0.4, -0.2) is 11.0 Å². The Labute approximate surface area is 132 Å². The number of hydrogen-bond acceptors (Lipinski definition) is 2. The summed E-state index contributed by atoms with van der Waals surface area (Å²) in [5.41, 5.74) is 2.75. The van der Waals surface area contributed by atoms with Crippen molar-refractivity contribution >= 4 is 11.6 Å². The molecule has 0 aliphatic carbocycles. The van der Waals surface area contributed by atoms with Gasteiger partial charge in [0.1, 0.15) is 5.75 Å². The molecule has 0 saturated carbocycles. The summed E-state index contributed by atoms with van der Waals surface area (Å²) in [4.78, 5) is 12.1. The van der Waals surface area contributed by atoms with Crippen molar-refractivity contribution in [3.63, 3.8) is 0 Å². The molecule has 0 fully saturated rings. The highest BCUT2D eigenvalue weighted by atomic mass is 16.3. The van der Waals surface area contributed by atoms with Crippen LogP contribution in [0.4, 0.5) is 5.69 Å². The topological polar surface area (TPSA) is 49.3 Å². The fraction of sp³-hybridized carbons (Fsp3) is 0.316. The Morgan fingerprint density at radius 2 is 1.91 bits per heavy atom. The molecule has 0 aliphatic rings. The number of phenolic OH excluding ortho intramolecular Hbond substituents is 1. The van der Waals surface area contributed by atoms with Gasteiger partial charge in [-0.15, -0.1) is 0 Å². The number of nitrogens with one attached hydrogen (secondary N) is 1. The quantitative estimate of drug-likeness (QED) is 0.772. The first-order chi connectivity index (χ1) is 10.6. The summed E-state index contributed by atoms with van der Waals surface area (Å²) in [6, 6.07) is 15.3. The molecule has 0 bridgehead atoms. The van der Waals surface area contributed by atoms with Crippen LogP contribution in [0.25, 0.3) is 0 Å². The van der Waals surface area contributed by atoms with Crippen LogP contribution < -0.4 is 5.32 Å². The molecule has 3 heteroatoms. The highest BCUT2D eigenvalue weighted by molar-refractivity contribution is 5.92. The van der Waals surface area contributed by atoms with Crippen LogP contribution in [0.2, 0.25) is 0 Å². The fourth-order valence-corrected chi connectivity index (χ4v) is 2.31. The van der Waals surface area contributed by atoms with Crippen LogP contribution in [0.3, 0.4) is 0 Å². The summed E-state index contributed by atoms with van der Waals surface area (Å²) in [5.74, 6) is 0.432. The first-order valence-corrected chi connectivity index (χ1v) is 7.76. The molecule has 1 amide bonds. The van der Waals surface area contributed by atoms with Gasteiger partial charge >= 0.3 is 0 Å². The highest BCUT2D eigenvalue weighted by Crippen LogP contribution is 2.29. The minimum absolute atomic E-state index is 0.0829. The Bertz CT molecular complexity index is 623. The van der Waals surface area contributed by atoms with Crippen LogP contribution in [0, 0.1) is 0 Å². The maximum Gasteiger partial charge on any atom is 0.224 e. The number of carbonyl (C=O) groups is 1. The zero-order valence-corrected chi connectivity index (χ0v) is 13.2. The van der Waals surface area contributed by atoms with Crippen molar-refractivity contribution in [1.82, 2.24) is 0 Å². The van der Waals surface area contributed by atoms with Crippen molar-refractivity contribution in [2.45, 2.75) is 39.0 Å². The van der Waals surface area contributed by atoms with Crippen molar-refractivity contribution in [2.75, 3.05) is 5.32 Å². The summed E-state index contributed by atoms with van der Waals surface area (Å²) in [6.45, 7) is 4.25. The molecule has 2 aromatic carbocycles. The third-order valence-corrected chi connectivity index (χ3v) is 3.96. The Kier molecular flexibility index (Phi) is 5.59. The van der Waals surface area contributed by atoms with Gasteiger partial charge in [-0.3, -0.25) is 4.79 Å². The molecule has 1 atom stereocenters. The number of aromatic hydroxyl groups is 1. The summed E-state index contributed by atoms with van der Waals surface area (Å²) < 4.78 is 0. The standard InChI is InChI=1S/C19H23NO2/c1-3-14(2)16-10-11-18(21)17(13-16)20-19(22)12-9-15-7-5-4-6-8-15/h4-8,10-11,13-14,21H,3,9,12H2,1-2H3,(H,20,22). The van der Waals surface area contributed by atoms with Gasteiger partial charge in [0.15, 0.2) is 0 Å². The fourth-order valence-electron chi connectivity index (χ4n) is 2.31. The first kappa shape index (κ1) is 16.1. The molecule has 0 spiro atoms. The molecule has 0 saturated heterocycles. The molecule has 2 rings (SSSR count). The van der Waals surface area contributed by atoms with Gasteiger partial charge in [-0.25, -0.2) is 0 Å². The van der Waals surface area contributed by atoms with Crippen molar-refractivity contribution in [2.24, 2.45) is 0 Å². The highest BCUT2D eigenvalue weighted by Gasteiger charge is 2.10. The maximum atomic E-state index is 12.1. The van der Waals surface area contributed by atoms with Crippen LogP contribution in [-0.2, 0) is 11.2 Å². The monoisotopic (exact) mass is 297 g/mol. The normalized spacial score (nSPS) is 11.9. The number of amides is 1. The minimum atomic E-state index is -0.0829. The zero-order valence-electron chi connectivity index (χ0n) is 13.2. The summed E-state index contributed by atoms with van der Waals surface area (Å²) in [6.07, 6.45) is 2.11. The van der Waals surface area contributed by atoms with Crippen molar-refractivity contribution < 1.29 is 9.90 Å². The predicted octanol–water partition coefficient (Wildman–Crippen LogP) is 4.48. The van der Waals surface area contributed by atoms with Gasteiger partial charge in [0.25, 0.3) is 0 Å². The molecule has 1 unspecified atom stereocenters. The number of benzene rings is 2. The van der Waals surface area contributed by atoms with E-state index in [0.29, 0.717) is 24.4 Å². The van der Waals surface area contributed by atoms with Crippen LogP contribution in [0.1, 0.15) is 43.7 Å². The van der Waals surface area contributed by atoms with Crippen LogP contribution >= 0.6 is 0 Å². The van der Waals surface area contributed by atoms with Crippen LogP contribution in [0.5, 0.6) is 5.75 Å². The number of carbonyl (C=O) groups excluding carboxylic acids is 1. The van der Waals surface area contributed by atoms with E-state index in [1.807, 2.05) is 42.5 Å². The van der Waals surface area contributed by atoms with E-state index < -0.39 is 0 Å². The second-order valence-corrected chi connectivity index (χ2v) is 5.62. The van der Waals surface area contributed by atoms with Gasteiger partial charge in [0.2, 0.25) is 5.91 Å². The van der Waals surface area contributed by atoms with Crippen molar-refractivity contribution in [3.05, 3.63) is 59.7 Å². The molecule has 0 heterocycles. The van der Waals surface area contributed by atoms with E-state index in [2.05, 4.69) is 19.2 Å². The summed E-state index contributed by atoms with van der Waals surface area (Å²) >= 11 is 0. The van der Waals surface area contributed by atoms with Gasteiger partial charge in [0.05, 0.1) is 5.69 Å². The lowest BCUT2D eigenvalue weighted by Gasteiger charge is -2.13. The zero-order chi connectivity index (χ0) is 15.9. The molecule has 2 aromatic rings. The Balaban J connectivity index is 1.99. The molecular formula is C19H23NO2. The molecular weight excluding hydrogens is 274 g/mol. The van der Waals surface area contributed by atoms with Gasteiger partial charge < -0.3 is 10.4 Å². The van der Waals surface area contributed by atoms with Gasteiger partial charge in [-0.1, -0.05) is 50.2 Å². The van der Waals surface area contributed by atoms with E-state index >= 15 is 0 Å². The van der Waals surface area contributed by atoms with Gasteiger partial charge in [-0.05, 0) is 42.0 Å². The molecule has 2 N–H and O–H groups in total. The van der Waals surface area contributed by atoms with E-state index in [0.717, 1.165) is 17.5 Å². The van der Waals surface area contributed by atoms with Crippen molar-refractivity contribution in [3.8, 4) is 5.75 Å². The second-order valence-electron chi connectivity index (χ2n) is 5.62. The summed E-state index contributed by atoms with van der Waals surface area (Å²) in [7, 11) is 0. The van der Waals surface area contributed by atoms with E-state index in [-0.39, 0.29) is 11.7 Å². The average Bonchev–Trinajstić information content (AvgIpc) is 2.55. The molecule has 0 aromatic heterocycles. The molecule has 116 valence electrons. The Hall–Kier alpha value is -2.29. The first-order valence-electron chi connectivity index (χ1n) is 7.76. The third kappa shape index (κ3) is 4.35. The van der Waals surface area contributed by atoms with E-state index in [1.165, 1.54) is 0 Å². The SMILES string of the molecule is CCC(C)c1ccc(O)c(NC(=O)CCc2ccccc2)c1. The number of rotatable bonds is 6. The maximum absolute atomic E-state index is 12.1. The molecule has 3 nitrogen and oxygen atoms in total. The molecule has 0 radical (unpaired) electrons. The van der Waals surface area contributed by atoms with E-state index in [9.17, 15) is 9.90 Å². The van der Waals surface area contributed by atoms with Crippen LogP contribution in [0.15, 0.2) is 48.5 Å². The lowest BCUT2D eigenvalue weighted by molar-refractivity contribution is -0.116. The smallest absolute Gasteiger partial charge is 0.224 e.